The van der Waals surface area contributed by atoms with Crippen LogP contribution in [0.15, 0.2) is 176 Å². The Morgan fingerprint density at radius 2 is 1.00 bits per heavy atom. The van der Waals surface area contributed by atoms with Gasteiger partial charge in [0.1, 0.15) is 0 Å². The van der Waals surface area contributed by atoms with Crippen LogP contribution in [-0.2, 0) is 5.41 Å². The Balaban J connectivity index is 1.07. The number of hydrogen-bond donors (Lipinski definition) is 0. The molecule has 3 heteroatoms. The molecule has 51 heavy (non-hydrogen) atoms. The molecular weight excluding hydrogens is 637 g/mol. The zero-order valence-electron chi connectivity index (χ0n) is 28.0. The van der Waals surface area contributed by atoms with Crippen LogP contribution in [0.1, 0.15) is 23.6 Å². The van der Waals surface area contributed by atoms with E-state index in [1.807, 2.05) is 29.5 Å². The van der Waals surface area contributed by atoms with E-state index in [9.17, 15) is 0 Å². The molecule has 0 amide bonds. The minimum absolute atomic E-state index is 0.282. The first-order chi connectivity index (χ1) is 25.1. The SMILES string of the molecule is CC1(c2cccc(-c3cc(-c4ccc(-c5ccc6sc7ccccc7c6c5)cc4)nc(-c4ccccc4)n3)c2)c2ccccc2-c2ccccc21. The van der Waals surface area contributed by atoms with E-state index in [2.05, 4.69) is 165 Å². The minimum atomic E-state index is -0.282. The average molecular weight is 669 g/mol. The molecule has 0 atom stereocenters. The van der Waals surface area contributed by atoms with Gasteiger partial charge in [0, 0.05) is 42.3 Å². The summed E-state index contributed by atoms with van der Waals surface area (Å²) < 4.78 is 2.64. The highest BCUT2D eigenvalue weighted by molar-refractivity contribution is 7.25. The van der Waals surface area contributed by atoms with Gasteiger partial charge >= 0.3 is 0 Å². The van der Waals surface area contributed by atoms with Crippen molar-refractivity contribution >= 4 is 31.5 Å². The Morgan fingerprint density at radius 3 is 1.76 bits per heavy atom. The van der Waals surface area contributed by atoms with Crippen LogP contribution >= 0.6 is 11.3 Å². The van der Waals surface area contributed by atoms with Gasteiger partial charge in [-0.1, -0.05) is 146 Å². The van der Waals surface area contributed by atoms with Crippen molar-refractivity contribution in [2.75, 3.05) is 0 Å². The lowest BCUT2D eigenvalue weighted by molar-refractivity contribution is 0.714. The van der Waals surface area contributed by atoms with Gasteiger partial charge in [0.25, 0.3) is 0 Å². The molecule has 0 aliphatic heterocycles. The van der Waals surface area contributed by atoms with Gasteiger partial charge in [-0.15, -0.1) is 11.3 Å². The van der Waals surface area contributed by atoms with Gasteiger partial charge in [-0.05, 0) is 76.2 Å². The molecule has 0 saturated heterocycles. The lowest BCUT2D eigenvalue weighted by Crippen LogP contribution is -2.22. The molecule has 2 heterocycles. The predicted molar refractivity (Wildman–Crippen MR) is 214 cm³/mol. The third kappa shape index (κ3) is 4.85. The third-order valence-electron chi connectivity index (χ3n) is 10.6. The molecule has 0 spiro atoms. The second-order valence-corrected chi connectivity index (χ2v) is 14.6. The van der Waals surface area contributed by atoms with E-state index in [4.69, 9.17) is 9.97 Å². The van der Waals surface area contributed by atoms with Crippen LogP contribution < -0.4 is 0 Å². The Labute approximate surface area is 301 Å². The van der Waals surface area contributed by atoms with E-state index in [1.165, 1.54) is 59.1 Å². The average Bonchev–Trinajstić information content (AvgIpc) is 3.71. The van der Waals surface area contributed by atoms with Gasteiger partial charge in [0.15, 0.2) is 5.82 Å². The number of nitrogens with zero attached hydrogens (tertiary/aromatic N) is 2. The molecule has 0 unspecified atom stereocenters. The molecule has 0 N–H and O–H groups in total. The van der Waals surface area contributed by atoms with Crippen LogP contribution in [0, 0.1) is 0 Å². The van der Waals surface area contributed by atoms with Gasteiger partial charge in [-0.25, -0.2) is 9.97 Å². The Hall–Kier alpha value is -6.16. The summed E-state index contributed by atoms with van der Waals surface area (Å²) in [4.78, 5) is 10.3. The molecule has 2 aromatic heterocycles. The van der Waals surface area contributed by atoms with Crippen LogP contribution in [0.4, 0.5) is 0 Å². The maximum absolute atomic E-state index is 5.18. The van der Waals surface area contributed by atoms with Crippen molar-refractivity contribution in [2.24, 2.45) is 0 Å². The molecule has 1 aliphatic rings. The molecule has 0 radical (unpaired) electrons. The van der Waals surface area contributed by atoms with Crippen molar-refractivity contribution in [3.63, 3.8) is 0 Å². The van der Waals surface area contributed by atoms with E-state index < -0.39 is 0 Å². The number of hydrogen-bond acceptors (Lipinski definition) is 3. The van der Waals surface area contributed by atoms with E-state index in [0.717, 1.165) is 33.9 Å². The summed E-state index contributed by atoms with van der Waals surface area (Å²) in [7, 11) is 0. The van der Waals surface area contributed by atoms with Gasteiger partial charge in [0.2, 0.25) is 0 Å². The van der Waals surface area contributed by atoms with Crippen molar-refractivity contribution in [1.29, 1.82) is 0 Å². The predicted octanol–water partition coefficient (Wildman–Crippen LogP) is 12.8. The highest BCUT2D eigenvalue weighted by atomic mass is 32.1. The lowest BCUT2D eigenvalue weighted by Gasteiger charge is -2.28. The van der Waals surface area contributed by atoms with Gasteiger partial charge in [0.05, 0.1) is 11.4 Å². The van der Waals surface area contributed by atoms with Gasteiger partial charge in [-0.2, -0.15) is 0 Å². The second kappa shape index (κ2) is 11.7. The number of aromatic nitrogens is 2. The molecule has 0 saturated carbocycles. The molecular formula is C48H32N2S. The summed E-state index contributed by atoms with van der Waals surface area (Å²) >= 11 is 1.85. The summed E-state index contributed by atoms with van der Waals surface area (Å²) in [5.41, 5.74) is 13.6. The van der Waals surface area contributed by atoms with Crippen LogP contribution in [-0.4, -0.2) is 9.97 Å². The first-order valence-electron chi connectivity index (χ1n) is 17.4. The zero-order chi connectivity index (χ0) is 33.9. The minimum Gasteiger partial charge on any atom is -0.228 e. The van der Waals surface area contributed by atoms with E-state index in [1.54, 1.807) is 0 Å². The van der Waals surface area contributed by atoms with Gasteiger partial charge in [-0.3, -0.25) is 0 Å². The first kappa shape index (κ1) is 29.7. The molecule has 2 nitrogen and oxygen atoms in total. The maximum atomic E-state index is 5.18. The first-order valence-corrected chi connectivity index (χ1v) is 18.2. The zero-order valence-corrected chi connectivity index (χ0v) is 28.9. The Bertz CT molecular complexity index is 2710. The van der Waals surface area contributed by atoms with E-state index >= 15 is 0 Å². The third-order valence-corrected chi connectivity index (χ3v) is 11.8. The summed E-state index contributed by atoms with van der Waals surface area (Å²) in [6.07, 6.45) is 0. The largest absolute Gasteiger partial charge is 0.228 e. The van der Waals surface area contributed by atoms with E-state index in [-0.39, 0.29) is 5.41 Å². The fourth-order valence-electron chi connectivity index (χ4n) is 7.95. The van der Waals surface area contributed by atoms with Crippen molar-refractivity contribution < 1.29 is 0 Å². The molecule has 1 aliphatic carbocycles. The number of thiophene rings is 1. The summed E-state index contributed by atoms with van der Waals surface area (Å²) in [6.45, 7) is 2.36. The monoisotopic (exact) mass is 668 g/mol. The fraction of sp³-hybridized carbons (Fsp3) is 0.0417. The number of fused-ring (bicyclic) bond motifs is 6. The van der Waals surface area contributed by atoms with Gasteiger partial charge < -0.3 is 0 Å². The topological polar surface area (TPSA) is 25.8 Å². The van der Waals surface area contributed by atoms with Crippen LogP contribution in [0.3, 0.4) is 0 Å². The molecule has 10 rings (SSSR count). The molecule has 240 valence electrons. The summed E-state index contributed by atoms with van der Waals surface area (Å²) in [5.74, 6) is 0.718. The molecule has 9 aromatic rings. The highest BCUT2D eigenvalue weighted by Crippen LogP contribution is 2.52. The molecule has 7 aromatic carbocycles. The summed E-state index contributed by atoms with van der Waals surface area (Å²) in [6, 6.07) is 63.3. The maximum Gasteiger partial charge on any atom is 0.160 e. The standard InChI is InChI=1S/C48H32N2S/c1-48(41-19-8-5-16-37(41)38-17-6-9-20-42(38)48)36-15-11-14-35(28-36)44-30-43(49-47(50-44)33-12-3-2-4-13-33)32-24-22-31(23-25-32)34-26-27-46-40(29-34)39-18-7-10-21-45(39)51-46/h2-30H,1H3. The normalized spacial score (nSPS) is 13.0. The lowest BCUT2D eigenvalue weighted by atomic mass is 9.74. The molecule has 0 fully saturated rings. The van der Waals surface area contributed by atoms with Crippen molar-refractivity contribution in [3.05, 3.63) is 193 Å². The smallest absolute Gasteiger partial charge is 0.160 e. The Morgan fingerprint density at radius 1 is 0.412 bits per heavy atom. The number of benzene rings is 7. The van der Waals surface area contributed by atoms with Crippen LogP contribution in [0.2, 0.25) is 0 Å². The van der Waals surface area contributed by atoms with Crippen molar-refractivity contribution in [3.8, 4) is 56.2 Å². The van der Waals surface area contributed by atoms with Crippen molar-refractivity contribution in [2.45, 2.75) is 12.3 Å². The summed E-state index contributed by atoms with van der Waals surface area (Å²) in [5, 5.41) is 2.63. The second-order valence-electron chi connectivity index (χ2n) is 13.5. The Kier molecular flexibility index (Phi) is 6.83. The van der Waals surface area contributed by atoms with Crippen LogP contribution in [0.25, 0.3) is 76.3 Å². The number of rotatable bonds is 5. The van der Waals surface area contributed by atoms with E-state index in [0.29, 0.717) is 0 Å². The molecule has 0 bridgehead atoms. The quantitative estimate of drug-likeness (QED) is 0.182. The van der Waals surface area contributed by atoms with Crippen LogP contribution in [0.5, 0.6) is 0 Å². The van der Waals surface area contributed by atoms with Crippen molar-refractivity contribution in [1.82, 2.24) is 9.97 Å². The fourth-order valence-corrected chi connectivity index (χ4v) is 9.04. The highest BCUT2D eigenvalue weighted by Gasteiger charge is 2.40.